The van der Waals surface area contributed by atoms with Crippen molar-refractivity contribution in [2.75, 3.05) is 14.2 Å². The fourth-order valence-corrected chi connectivity index (χ4v) is 2.17. The molecule has 2 aromatic carbocycles. The van der Waals surface area contributed by atoms with Crippen LogP contribution in [0.2, 0.25) is 0 Å². The van der Waals surface area contributed by atoms with Crippen LogP contribution in [-0.2, 0) is 9.53 Å². The van der Waals surface area contributed by atoms with Gasteiger partial charge in [-0.25, -0.2) is 4.79 Å². The van der Waals surface area contributed by atoms with Gasteiger partial charge in [-0.3, -0.25) is 0 Å². The number of aliphatic hydroxyl groups is 2. The maximum absolute atomic E-state index is 11.4. The highest BCUT2D eigenvalue weighted by molar-refractivity contribution is 5.89. The minimum absolute atomic E-state index is 0.364. The lowest BCUT2D eigenvalue weighted by molar-refractivity contribution is -0.156. The summed E-state index contributed by atoms with van der Waals surface area (Å²) in [5.41, 5.74) is 0.364. The molecule has 0 aliphatic heterocycles. The summed E-state index contributed by atoms with van der Waals surface area (Å²) in [7, 11) is 2.61. The Hall–Kier alpha value is -2.11. The molecule has 0 spiro atoms. The predicted molar refractivity (Wildman–Crippen MR) is 73.5 cm³/mol. The average Bonchev–Trinajstić information content (AvgIpc) is 2.51. The first-order valence-corrected chi connectivity index (χ1v) is 6.09. The molecule has 20 heavy (non-hydrogen) atoms. The fraction of sp³-hybridized carbons (Fsp3) is 0.267. The van der Waals surface area contributed by atoms with Crippen LogP contribution < -0.4 is 4.74 Å². The molecule has 0 saturated carbocycles. The SMILES string of the molecule is COC(=O)C(O)C(O)c1c(OC)ccc2ccccc12. The molecule has 0 radical (unpaired) electrons. The summed E-state index contributed by atoms with van der Waals surface area (Å²) in [5.74, 6) is -0.494. The van der Waals surface area contributed by atoms with Crippen molar-refractivity contribution >= 4 is 16.7 Å². The average molecular weight is 276 g/mol. The van der Waals surface area contributed by atoms with Crippen molar-refractivity contribution in [3.05, 3.63) is 42.0 Å². The van der Waals surface area contributed by atoms with Crippen LogP contribution in [0.15, 0.2) is 36.4 Å². The van der Waals surface area contributed by atoms with E-state index in [1.165, 1.54) is 7.11 Å². The number of ether oxygens (including phenoxy) is 2. The van der Waals surface area contributed by atoms with E-state index in [0.29, 0.717) is 16.7 Å². The van der Waals surface area contributed by atoms with Crippen molar-refractivity contribution in [2.24, 2.45) is 0 Å². The van der Waals surface area contributed by atoms with E-state index in [-0.39, 0.29) is 0 Å². The van der Waals surface area contributed by atoms with Crippen LogP contribution in [0.5, 0.6) is 5.75 Å². The van der Waals surface area contributed by atoms with Crippen molar-refractivity contribution in [3.63, 3.8) is 0 Å². The molecule has 2 aromatic rings. The van der Waals surface area contributed by atoms with Gasteiger partial charge in [0.15, 0.2) is 6.10 Å². The lowest BCUT2D eigenvalue weighted by Crippen LogP contribution is -2.29. The van der Waals surface area contributed by atoms with E-state index in [2.05, 4.69) is 4.74 Å². The zero-order chi connectivity index (χ0) is 14.7. The zero-order valence-corrected chi connectivity index (χ0v) is 11.2. The summed E-state index contributed by atoms with van der Waals surface area (Å²) in [4.78, 5) is 11.4. The number of fused-ring (bicyclic) bond motifs is 1. The van der Waals surface area contributed by atoms with Gasteiger partial charge in [-0.1, -0.05) is 30.3 Å². The van der Waals surface area contributed by atoms with Crippen molar-refractivity contribution in [1.82, 2.24) is 0 Å². The smallest absolute Gasteiger partial charge is 0.337 e. The molecule has 0 bridgehead atoms. The Morgan fingerprint density at radius 3 is 2.45 bits per heavy atom. The number of esters is 1. The molecule has 2 unspecified atom stereocenters. The standard InChI is InChI=1S/C15H16O5/c1-19-11-8-7-9-5-3-4-6-10(9)12(11)13(16)14(17)15(18)20-2/h3-8,13-14,16-17H,1-2H3. The van der Waals surface area contributed by atoms with Crippen LogP contribution in [-0.4, -0.2) is 36.5 Å². The number of hydrogen-bond acceptors (Lipinski definition) is 5. The third kappa shape index (κ3) is 2.45. The third-order valence-electron chi connectivity index (χ3n) is 3.19. The van der Waals surface area contributed by atoms with E-state index in [1.807, 2.05) is 24.3 Å². The minimum atomic E-state index is -1.67. The van der Waals surface area contributed by atoms with Crippen molar-refractivity contribution < 1.29 is 24.5 Å². The molecule has 106 valence electrons. The molecular weight excluding hydrogens is 260 g/mol. The van der Waals surface area contributed by atoms with Crippen LogP contribution in [0.25, 0.3) is 10.8 Å². The van der Waals surface area contributed by atoms with Gasteiger partial charge in [-0.05, 0) is 16.8 Å². The lowest BCUT2D eigenvalue weighted by Gasteiger charge is -2.20. The molecule has 0 aliphatic carbocycles. The fourth-order valence-electron chi connectivity index (χ4n) is 2.17. The van der Waals surface area contributed by atoms with Crippen LogP contribution in [0.4, 0.5) is 0 Å². The minimum Gasteiger partial charge on any atom is -0.496 e. The van der Waals surface area contributed by atoms with Gasteiger partial charge in [0.05, 0.1) is 14.2 Å². The Kier molecular flexibility index (Phi) is 4.22. The summed E-state index contributed by atoms with van der Waals surface area (Å²) in [6, 6.07) is 10.9. The number of carbonyl (C=O) groups is 1. The molecule has 2 N–H and O–H groups in total. The van der Waals surface area contributed by atoms with Crippen molar-refractivity contribution in [2.45, 2.75) is 12.2 Å². The van der Waals surface area contributed by atoms with Gasteiger partial charge < -0.3 is 19.7 Å². The third-order valence-corrected chi connectivity index (χ3v) is 3.19. The number of benzene rings is 2. The summed E-state index contributed by atoms with van der Waals surface area (Å²) in [6.07, 6.45) is -3.09. The quantitative estimate of drug-likeness (QED) is 0.826. The van der Waals surface area contributed by atoms with Gasteiger partial charge in [0, 0.05) is 5.56 Å². The van der Waals surface area contributed by atoms with Crippen LogP contribution in [0.1, 0.15) is 11.7 Å². The number of hydrogen-bond donors (Lipinski definition) is 2. The molecule has 0 fully saturated rings. The molecule has 0 amide bonds. The molecule has 5 nitrogen and oxygen atoms in total. The Morgan fingerprint density at radius 1 is 1.10 bits per heavy atom. The highest BCUT2D eigenvalue weighted by atomic mass is 16.5. The molecule has 0 saturated heterocycles. The lowest BCUT2D eigenvalue weighted by atomic mass is 9.96. The van der Waals surface area contributed by atoms with Crippen LogP contribution in [0, 0.1) is 0 Å². The highest BCUT2D eigenvalue weighted by Crippen LogP contribution is 2.34. The maximum Gasteiger partial charge on any atom is 0.337 e. The molecule has 2 atom stereocenters. The van der Waals surface area contributed by atoms with Crippen LogP contribution >= 0.6 is 0 Å². The van der Waals surface area contributed by atoms with Gasteiger partial charge in [0.2, 0.25) is 0 Å². The zero-order valence-electron chi connectivity index (χ0n) is 11.2. The molecule has 0 heterocycles. The second kappa shape index (κ2) is 5.90. The molecule has 5 heteroatoms. The Bertz CT molecular complexity index is 623. The second-order valence-corrected chi connectivity index (χ2v) is 4.32. The van der Waals surface area contributed by atoms with Gasteiger partial charge in [-0.2, -0.15) is 0 Å². The molecule has 0 aliphatic rings. The Balaban J connectivity index is 2.58. The normalized spacial score (nSPS) is 13.8. The van der Waals surface area contributed by atoms with Gasteiger partial charge >= 0.3 is 5.97 Å². The summed E-state index contributed by atoms with van der Waals surface area (Å²) in [6.45, 7) is 0. The summed E-state index contributed by atoms with van der Waals surface area (Å²) >= 11 is 0. The summed E-state index contributed by atoms with van der Waals surface area (Å²) < 4.78 is 9.67. The van der Waals surface area contributed by atoms with E-state index in [4.69, 9.17) is 4.74 Å². The number of methoxy groups -OCH3 is 2. The molecule has 0 aromatic heterocycles. The monoisotopic (exact) mass is 276 g/mol. The van der Waals surface area contributed by atoms with E-state index < -0.39 is 18.2 Å². The Labute approximate surface area is 116 Å². The van der Waals surface area contributed by atoms with E-state index in [0.717, 1.165) is 12.5 Å². The van der Waals surface area contributed by atoms with E-state index >= 15 is 0 Å². The predicted octanol–water partition coefficient (Wildman–Crippen LogP) is 1.42. The maximum atomic E-state index is 11.4. The summed E-state index contributed by atoms with van der Waals surface area (Å²) in [5, 5.41) is 21.7. The number of carbonyl (C=O) groups excluding carboxylic acids is 1. The van der Waals surface area contributed by atoms with E-state index in [1.54, 1.807) is 12.1 Å². The number of aliphatic hydroxyl groups excluding tert-OH is 2. The Morgan fingerprint density at radius 2 is 1.80 bits per heavy atom. The van der Waals surface area contributed by atoms with Crippen LogP contribution in [0.3, 0.4) is 0 Å². The first kappa shape index (κ1) is 14.3. The first-order chi connectivity index (χ1) is 9.60. The van der Waals surface area contributed by atoms with Gasteiger partial charge in [0.25, 0.3) is 0 Å². The highest BCUT2D eigenvalue weighted by Gasteiger charge is 2.30. The first-order valence-electron chi connectivity index (χ1n) is 6.09. The molecule has 2 rings (SSSR count). The largest absolute Gasteiger partial charge is 0.496 e. The van der Waals surface area contributed by atoms with Crippen molar-refractivity contribution in [1.29, 1.82) is 0 Å². The number of rotatable bonds is 4. The second-order valence-electron chi connectivity index (χ2n) is 4.32. The van der Waals surface area contributed by atoms with Crippen molar-refractivity contribution in [3.8, 4) is 5.75 Å². The van der Waals surface area contributed by atoms with Gasteiger partial charge in [0.1, 0.15) is 11.9 Å². The van der Waals surface area contributed by atoms with Gasteiger partial charge in [-0.15, -0.1) is 0 Å². The van der Waals surface area contributed by atoms with E-state index in [9.17, 15) is 15.0 Å². The molecular formula is C15H16O5. The topological polar surface area (TPSA) is 76.0 Å².